The van der Waals surface area contributed by atoms with Crippen LogP contribution in [0.15, 0.2) is 48.5 Å². The van der Waals surface area contributed by atoms with Gasteiger partial charge in [-0.25, -0.2) is 0 Å². The summed E-state index contributed by atoms with van der Waals surface area (Å²) in [5.41, 5.74) is 3.32. The van der Waals surface area contributed by atoms with Gasteiger partial charge in [-0.15, -0.1) is 0 Å². The first kappa shape index (κ1) is 27.5. The monoisotopic (exact) mass is 491 g/mol. The number of hydrogen-bond acceptors (Lipinski definition) is 4. The Morgan fingerprint density at radius 1 is 0.917 bits per heavy atom. The molecule has 1 fully saturated rings. The van der Waals surface area contributed by atoms with Crippen molar-refractivity contribution in [2.75, 3.05) is 32.7 Å². The highest BCUT2D eigenvalue weighted by atomic mass is 16.3. The van der Waals surface area contributed by atoms with E-state index < -0.39 is 0 Å². The average Bonchev–Trinajstić information content (AvgIpc) is 2.81. The van der Waals surface area contributed by atoms with Crippen LogP contribution < -0.4 is 5.32 Å². The lowest BCUT2D eigenvalue weighted by Crippen LogP contribution is -2.50. The van der Waals surface area contributed by atoms with Crippen LogP contribution in [0.1, 0.15) is 63.8 Å². The molecular weight excluding hydrogens is 450 g/mol. The number of phenolic OH excluding ortho intramolecular Hbond substituents is 1. The number of aromatic hydroxyl groups is 1. The Morgan fingerprint density at radius 2 is 1.47 bits per heavy atom. The Morgan fingerprint density at radius 3 is 2.00 bits per heavy atom. The Hall–Kier alpha value is -3.12. The third kappa shape index (κ3) is 7.44. The fraction of sp³-hybridized carbons (Fsp3) is 0.467. The van der Waals surface area contributed by atoms with E-state index in [0.717, 1.165) is 36.3 Å². The van der Waals surface area contributed by atoms with Gasteiger partial charge in [0.15, 0.2) is 0 Å². The minimum atomic E-state index is -0.311. The summed E-state index contributed by atoms with van der Waals surface area (Å²) in [6, 6.07) is 14.2. The number of nitrogens with one attached hydrogen (secondary N) is 1. The molecule has 6 heteroatoms. The van der Waals surface area contributed by atoms with Gasteiger partial charge in [0.2, 0.25) is 11.8 Å². The Kier molecular flexibility index (Phi) is 8.62. The number of amides is 2. The van der Waals surface area contributed by atoms with Gasteiger partial charge in [0.05, 0.1) is 6.54 Å². The van der Waals surface area contributed by atoms with E-state index in [1.54, 1.807) is 6.08 Å². The van der Waals surface area contributed by atoms with Crippen molar-refractivity contribution in [3.05, 3.63) is 70.8 Å². The molecule has 0 aromatic heterocycles. The summed E-state index contributed by atoms with van der Waals surface area (Å²) in [5, 5.41) is 13.6. The first-order valence-electron chi connectivity index (χ1n) is 12.7. The van der Waals surface area contributed by atoms with Gasteiger partial charge in [-0.2, -0.15) is 0 Å². The molecule has 2 amide bonds. The molecule has 0 saturated carbocycles. The van der Waals surface area contributed by atoms with Crippen molar-refractivity contribution in [3.8, 4) is 5.75 Å². The lowest BCUT2D eigenvalue weighted by Gasteiger charge is -2.34. The molecule has 3 rings (SSSR count). The Balaban J connectivity index is 1.54. The molecule has 36 heavy (non-hydrogen) atoms. The zero-order valence-electron chi connectivity index (χ0n) is 22.6. The summed E-state index contributed by atoms with van der Waals surface area (Å²) in [6.07, 6.45) is 3.20. The summed E-state index contributed by atoms with van der Waals surface area (Å²) in [4.78, 5) is 29.3. The van der Waals surface area contributed by atoms with Gasteiger partial charge in [-0.3, -0.25) is 14.5 Å². The lowest BCUT2D eigenvalue weighted by molar-refractivity contribution is -0.133. The van der Waals surface area contributed by atoms with Crippen molar-refractivity contribution in [2.45, 2.75) is 58.9 Å². The SMILES string of the molecule is CC(C)(C)c1cc(/C=C/C(=O)NCC(=O)N2CCN(Cc3ccccc3)CC2)cc(C(C)(C)C)c1O. The molecule has 0 atom stereocenters. The van der Waals surface area contributed by atoms with Crippen LogP contribution in [0.2, 0.25) is 0 Å². The Labute approximate surface area is 216 Å². The van der Waals surface area contributed by atoms with E-state index in [4.69, 9.17) is 0 Å². The molecule has 0 spiro atoms. The summed E-state index contributed by atoms with van der Waals surface area (Å²) >= 11 is 0. The van der Waals surface area contributed by atoms with Gasteiger partial charge < -0.3 is 15.3 Å². The summed E-state index contributed by atoms with van der Waals surface area (Å²) in [5.74, 6) is -0.0643. The van der Waals surface area contributed by atoms with Gasteiger partial charge in [-0.05, 0) is 40.2 Å². The second kappa shape index (κ2) is 11.3. The van der Waals surface area contributed by atoms with Crippen molar-refractivity contribution in [2.24, 2.45) is 0 Å². The maximum absolute atomic E-state index is 12.6. The van der Waals surface area contributed by atoms with Crippen molar-refractivity contribution in [3.63, 3.8) is 0 Å². The molecule has 0 radical (unpaired) electrons. The summed E-state index contributed by atoms with van der Waals surface area (Å²) in [6.45, 7) is 16.2. The normalized spacial score (nSPS) is 15.3. The standard InChI is InChI=1S/C30H41N3O3/c1-29(2,3)24-18-23(19-25(28(24)36)30(4,5)6)12-13-26(34)31-20-27(35)33-16-14-32(15-17-33)21-22-10-8-7-9-11-22/h7-13,18-19,36H,14-17,20-21H2,1-6H3,(H,31,34)/b13-12+. The van der Waals surface area contributed by atoms with Crippen LogP contribution in [0, 0.1) is 0 Å². The van der Waals surface area contributed by atoms with E-state index in [0.29, 0.717) is 18.8 Å². The molecule has 0 aliphatic carbocycles. The van der Waals surface area contributed by atoms with E-state index in [-0.39, 0.29) is 29.2 Å². The number of piperazine rings is 1. The molecule has 1 aliphatic rings. The molecule has 6 nitrogen and oxygen atoms in total. The van der Waals surface area contributed by atoms with Gasteiger partial charge in [0, 0.05) is 49.9 Å². The number of rotatable bonds is 6. The van der Waals surface area contributed by atoms with Crippen molar-refractivity contribution < 1.29 is 14.7 Å². The number of hydrogen-bond donors (Lipinski definition) is 2. The van der Waals surface area contributed by atoms with Gasteiger partial charge in [0.25, 0.3) is 0 Å². The molecule has 2 N–H and O–H groups in total. The minimum Gasteiger partial charge on any atom is -0.507 e. The fourth-order valence-corrected chi connectivity index (χ4v) is 4.40. The van der Waals surface area contributed by atoms with Crippen LogP contribution in [0.4, 0.5) is 0 Å². The smallest absolute Gasteiger partial charge is 0.244 e. The second-order valence-electron chi connectivity index (χ2n) is 11.7. The average molecular weight is 492 g/mol. The van der Waals surface area contributed by atoms with Crippen LogP contribution in [-0.2, 0) is 27.0 Å². The summed E-state index contributed by atoms with van der Waals surface area (Å²) in [7, 11) is 0. The molecule has 2 aromatic rings. The number of benzene rings is 2. The molecule has 1 saturated heterocycles. The predicted octanol–water partition coefficient (Wildman–Crippen LogP) is 4.46. The summed E-state index contributed by atoms with van der Waals surface area (Å²) < 4.78 is 0. The minimum absolute atomic E-state index is 0.0160. The first-order valence-corrected chi connectivity index (χ1v) is 12.7. The largest absolute Gasteiger partial charge is 0.507 e. The maximum atomic E-state index is 12.6. The zero-order chi connectivity index (χ0) is 26.5. The molecular formula is C30H41N3O3. The number of nitrogens with zero attached hydrogens (tertiary/aromatic N) is 2. The molecule has 1 aliphatic heterocycles. The second-order valence-corrected chi connectivity index (χ2v) is 11.7. The van der Waals surface area contributed by atoms with Gasteiger partial charge in [-0.1, -0.05) is 71.9 Å². The van der Waals surface area contributed by atoms with Gasteiger partial charge in [0.1, 0.15) is 5.75 Å². The Bertz CT molecular complexity index is 1050. The molecule has 0 unspecified atom stereocenters. The van der Waals surface area contributed by atoms with E-state index in [9.17, 15) is 14.7 Å². The predicted molar refractivity (Wildman–Crippen MR) is 146 cm³/mol. The third-order valence-electron chi connectivity index (χ3n) is 6.56. The van der Waals surface area contributed by atoms with E-state index in [1.807, 2.05) is 35.2 Å². The van der Waals surface area contributed by atoms with Crippen molar-refractivity contribution in [1.29, 1.82) is 0 Å². The fourth-order valence-electron chi connectivity index (χ4n) is 4.40. The van der Waals surface area contributed by atoms with E-state index in [2.05, 4.69) is 63.9 Å². The van der Waals surface area contributed by atoms with Crippen LogP contribution in [0.25, 0.3) is 6.08 Å². The molecule has 194 valence electrons. The number of carbonyl (C=O) groups is 2. The highest BCUT2D eigenvalue weighted by molar-refractivity contribution is 5.94. The zero-order valence-corrected chi connectivity index (χ0v) is 22.6. The topological polar surface area (TPSA) is 72.9 Å². The number of phenols is 1. The lowest BCUT2D eigenvalue weighted by atomic mass is 9.78. The molecule has 0 bridgehead atoms. The highest BCUT2D eigenvalue weighted by Gasteiger charge is 2.26. The maximum Gasteiger partial charge on any atom is 0.244 e. The molecule has 2 aromatic carbocycles. The van der Waals surface area contributed by atoms with Crippen molar-refractivity contribution >= 4 is 17.9 Å². The quantitative estimate of drug-likeness (QED) is 0.585. The van der Waals surface area contributed by atoms with Crippen molar-refractivity contribution in [1.82, 2.24) is 15.1 Å². The van der Waals surface area contributed by atoms with Crippen LogP contribution >= 0.6 is 0 Å². The van der Waals surface area contributed by atoms with Crippen LogP contribution in [-0.4, -0.2) is 59.4 Å². The number of carbonyl (C=O) groups excluding carboxylic acids is 2. The first-order chi connectivity index (χ1) is 16.8. The van der Waals surface area contributed by atoms with E-state index >= 15 is 0 Å². The van der Waals surface area contributed by atoms with E-state index in [1.165, 1.54) is 11.6 Å². The highest BCUT2D eigenvalue weighted by Crippen LogP contribution is 2.40. The van der Waals surface area contributed by atoms with Crippen LogP contribution in [0.3, 0.4) is 0 Å². The molecule has 1 heterocycles. The van der Waals surface area contributed by atoms with Crippen LogP contribution in [0.5, 0.6) is 5.75 Å². The third-order valence-corrected chi connectivity index (χ3v) is 6.56. The van der Waals surface area contributed by atoms with Gasteiger partial charge >= 0.3 is 0 Å².